The second-order valence-corrected chi connectivity index (χ2v) is 1.73. The predicted molar refractivity (Wildman–Crippen MR) is 30.8 cm³/mol. The highest BCUT2D eigenvalue weighted by molar-refractivity contribution is 7.98. The molecule has 0 rings (SSSR count). The van der Waals surface area contributed by atoms with E-state index >= 15 is 0 Å². The number of hydrogen-bond donors (Lipinski definition) is 0. The molecule has 0 bridgehead atoms. The highest BCUT2D eigenvalue weighted by atomic mass is 32.2. The van der Waals surface area contributed by atoms with Gasteiger partial charge >= 0.3 is 0 Å². The van der Waals surface area contributed by atoms with E-state index in [2.05, 4.69) is 13.2 Å². The molecular formula is C4H12S. The van der Waals surface area contributed by atoms with Gasteiger partial charge in [0.1, 0.15) is 0 Å². The van der Waals surface area contributed by atoms with Crippen molar-refractivity contribution in [3.63, 3.8) is 0 Å². The maximum absolute atomic E-state index is 2.14. The van der Waals surface area contributed by atoms with Crippen LogP contribution in [0.3, 0.4) is 0 Å². The summed E-state index contributed by atoms with van der Waals surface area (Å²) < 4.78 is 0. The lowest BCUT2D eigenvalue weighted by molar-refractivity contribution is 1.53. The lowest BCUT2D eigenvalue weighted by atomic mass is 11.0. The third-order valence-corrected chi connectivity index (χ3v) is 0.866. The van der Waals surface area contributed by atoms with Crippen LogP contribution in [0, 0.1) is 0 Å². The summed E-state index contributed by atoms with van der Waals surface area (Å²) in [5.41, 5.74) is 0. The Balaban J connectivity index is 0. The third kappa shape index (κ3) is 13.2. The van der Waals surface area contributed by atoms with E-state index in [0.29, 0.717) is 0 Å². The second kappa shape index (κ2) is 8.84. The molecule has 0 saturated carbocycles. The Morgan fingerprint density at radius 1 is 1.60 bits per heavy atom. The molecule has 0 atom stereocenters. The van der Waals surface area contributed by atoms with Gasteiger partial charge in [-0.2, -0.15) is 11.8 Å². The van der Waals surface area contributed by atoms with E-state index in [0.717, 1.165) is 0 Å². The maximum Gasteiger partial charge on any atom is -0.00988 e. The summed E-state index contributed by atoms with van der Waals surface area (Å²) in [7, 11) is 0. The highest BCUT2D eigenvalue weighted by Crippen LogP contribution is 1.83. The van der Waals surface area contributed by atoms with Crippen LogP contribution in [-0.2, 0) is 0 Å². The molecule has 0 saturated heterocycles. The van der Waals surface area contributed by atoms with Crippen LogP contribution >= 0.6 is 11.8 Å². The summed E-state index contributed by atoms with van der Waals surface area (Å²) in [6, 6.07) is 0. The van der Waals surface area contributed by atoms with Gasteiger partial charge in [0.2, 0.25) is 0 Å². The van der Waals surface area contributed by atoms with Gasteiger partial charge in [-0.3, -0.25) is 0 Å². The van der Waals surface area contributed by atoms with Crippen molar-refractivity contribution in [2.75, 3.05) is 12.0 Å². The summed E-state index contributed by atoms with van der Waals surface area (Å²) in [4.78, 5) is 0. The van der Waals surface area contributed by atoms with Crippen molar-refractivity contribution in [2.24, 2.45) is 0 Å². The van der Waals surface area contributed by atoms with Gasteiger partial charge in [0, 0.05) is 0 Å². The SMILES string of the molecule is C.CCSC. The van der Waals surface area contributed by atoms with Crippen LogP contribution in [0.4, 0.5) is 0 Å². The van der Waals surface area contributed by atoms with Gasteiger partial charge < -0.3 is 0 Å². The fourth-order valence-electron chi connectivity index (χ4n) is 0. The normalized spacial score (nSPS) is 6.00. The monoisotopic (exact) mass is 92.1 g/mol. The van der Waals surface area contributed by atoms with E-state index in [1.165, 1.54) is 5.75 Å². The summed E-state index contributed by atoms with van der Waals surface area (Å²) in [5.74, 6) is 1.24. The zero-order valence-electron chi connectivity index (χ0n) is 3.12. The Morgan fingerprint density at radius 2 is 1.80 bits per heavy atom. The van der Waals surface area contributed by atoms with E-state index in [1.54, 1.807) is 0 Å². The average molecular weight is 92.2 g/mol. The minimum atomic E-state index is 0. The van der Waals surface area contributed by atoms with Crippen molar-refractivity contribution in [3.8, 4) is 0 Å². The molecule has 5 heavy (non-hydrogen) atoms. The van der Waals surface area contributed by atoms with Crippen LogP contribution in [0.1, 0.15) is 14.4 Å². The largest absolute Gasteiger partial charge is 0.166 e. The van der Waals surface area contributed by atoms with Gasteiger partial charge in [-0.1, -0.05) is 14.4 Å². The predicted octanol–water partition coefficient (Wildman–Crippen LogP) is 2.01. The minimum absolute atomic E-state index is 0. The van der Waals surface area contributed by atoms with Crippen molar-refractivity contribution in [3.05, 3.63) is 0 Å². The van der Waals surface area contributed by atoms with Crippen molar-refractivity contribution >= 4 is 11.8 Å². The number of thioether (sulfide) groups is 1. The minimum Gasteiger partial charge on any atom is -0.166 e. The van der Waals surface area contributed by atoms with E-state index in [9.17, 15) is 0 Å². The molecular weight excluding hydrogens is 80.1 g/mol. The first-order valence-corrected chi connectivity index (χ1v) is 2.80. The molecule has 34 valence electrons. The lowest BCUT2D eigenvalue weighted by Gasteiger charge is -1.69. The summed E-state index contributed by atoms with van der Waals surface area (Å²) in [5, 5.41) is 0. The van der Waals surface area contributed by atoms with Crippen LogP contribution < -0.4 is 0 Å². The molecule has 0 unspecified atom stereocenters. The van der Waals surface area contributed by atoms with Gasteiger partial charge in [-0.15, -0.1) is 0 Å². The van der Waals surface area contributed by atoms with Gasteiger partial charge in [0.15, 0.2) is 0 Å². The molecule has 0 aliphatic carbocycles. The molecule has 0 fully saturated rings. The third-order valence-electron chi connectivity index (χ3n) is 0.289. The van der Waals surface area contributed by atoms with Crippen LogP contribution in [0.15, 0.2) is 0 Å². The van der Waals surface area contributed by atoms with Gasteiger partial charge in [0.25, 0.3) is 0 Å². The molecule has 0 nitrogen and oxygen atoms in total. The Morgan fingerprint density at radius 3 is 1.80 bits per heavy atom. The van der Waals surface area contributed by atoms with Crippen LogP contribution in [0.5, 0.6) is 0 Å². The molecule has 0 N–H and O–H groups in total. The first-order valence-electron chi connectivity index (χ1n) is 1.40. The van der Waals surface area contributed by atoms with Crippen molar-refractivity contribution < 1.29 is 0 Å². The standard InChI is InChI=1S/C3H8S.CH4/c1-3-4-2;/h3H2,1-2H3;1H4. The highest BCUT2D eigenvalue weighted by Gasteiger charge is 1.55. The zero-order chi connectivity index (χ0) is 3.41. The van der Waals surface area contributed by atoms with E-state index < -0.39 is 0 Å². The van der Waals surface area contributed by atoms with E-state index in [4.69, 9.17) is 0 Å². The molecule has 0 amide bonds. The summed E-state index contributed by atoms with van der Waals surface area (Å²) in [6.07, 6.45) is 2.10. The molecule has 0 radical (unpaired) electrons. The molecule has 0 aromatic carbocycles. The summed E-state index contributed by atoms with van der Waals surface area (Å²) >= 11 is 1.86. The molecule has 0 aliphatic heterocycles. The van der Waals surface area contributed by atoms with E-state index in [1.807, 2.05) is 11.8 Å². The van der Waals surface area contributed by atoms with Gasteiger partial charge in [0.05, 0.1) is 0 Å². The van der Waals surface area contributed by atoms with Gasteiger partial charge in [-0.25, -0.2) is 0 Å². The second-order valence-electron chi connectivity index (χ2n) is 0.577. The molecule has 0 heterocycles. The van der Waals surface area contributed by atoms with Crippen LogP contribution in [0.2, 0.25) is 0 Å². The van der Waals surface area contributed by atoms with Crippen molar-refractivity contribution in [1.29, 1.82) is 0 Å². The molecule has 0 aromatic heterocycles. The number of hydrogen-bond acceptors (Lipinski definition) is 1. The smallest absolute Gasteiger partial charge is 0.00988 e. The molecule has 0 spiro atoms. The molecule has 1 heteroatoms. The first-order chi connectivity index (χ1) is 1.91. The Labute approximate surface area is 39.0 Å². The average Bonchev–Trinajstić information content (AvgIpc) is 1.37. The Hall–Kier alpha value is 0.350. The summed E-state index contributed by atoms with van der Waals surface area (Å²) in [6.45, 7) is 2.14. The lowest BCUT2D eigenvalue weighted by Crippen LogP contribution is -1.52. The van der Waals surface area contributed by atoms with Crippen LogP contribution in [0.25, 0.3) is 0 Å². The zero-order valence-corrected chi connectivity index (χ0v) is 3.93. The fourth-order valence-corrected chi connectivity index (χ4v) is 0. The van der Waals surface area contributed by atoms with E-state index in [-0.39, 0.29) is 7.43 Å². The van der Waals surface area contributed by atoms with Crippen molar-refractivity contribution in [1.82, 2.24) is 0 Å². The molecule has 0 aromatic rings. The molecule has 0 aliphatic rings. The van der Waals surface area contributed by atoms with Gasteiger partial charge in [-0.05, 0) is 12.0 Å². The topological polar surface area (TPSA) is 0 Å². The Bertz CT molecular complexity index is 5.61. The quantitative estimate of drug-likeness (QED) is 0.476. The fraction of sp³-hybridized carbons (Fsp3) is 1.00. The van der Waals surface area contributed by atoms with Crippen LogP contribution in [-0.4, -0.2) is 12.0 Å². The Kier molecular flexibility index (Phi) is 15.9. The first kappa shape index (κ1) is 9.02. The number of rotatable bonds is 1. The maximum atomic E-state index is 2.14. The van der Waals surface area contributed by atoms with Crippen molar-refractivity contribution in [2.45, 2.75) is 14.4 Å².